The van der Waals surface area contributed by atoms with Crippen LogP contribution in [0.4, 0.5) is 0 Å². The molecule has 1 aliphatic rings. The molecule has 1 aliphatic heterocycles. The van der Waals surface area contributed by atoms with Gasteiger partial charge < -0.3 is 24.8 Å². The highest BCUT2D eigenvalue weighted by Gasteiger charge is 2.28. The highest BCUT2D eigenvalue weighted by molar-refractivity contribution is 5.94. The number of hydrogen-bond acceptors (Lipinski definition) is 8. The maximum atomic E-state index is 13.6. The summed E-state index contributed by atoms with van der Waals surface area (Å²) < 4.78 is 13.2. The van der Waals surface area contributed by atoms with Gasteiger partial charge in [-0.15, -0.1) is 0 Å². The first-order valence-corrected chi connectivity index (χ1v) is 15.3. The predicted octanol–water partition coefficient (Wildman–Crippen LogP) is 3.79. The molecule has 2 bridgehead atoms. The molecular formula is C34H35N7O5. The number of amides is 3. The number of hydrogen-bond donors (Lipinski definition) is 2. The van der Waals surface area contributed by atoms with Crippen LogP contribution in [0.15, 0.2) is 83.4 Å². The lowest BCUT2D eigenvalue weighted by atomic mass is 10.0. The molecule has 3 aromatic carbocycles. The largest absolute Gasteiger partial charge is 0.492 e. The van der Waals surface area contributed by atoms with E-state index in [9.17, 15) is 14.4 Å². The minimum absolute atomic E-state index is 0.0554. The lowest BCUT2D eigenvalue weighted by molar-refractivity contribution is -0.135. The fourth-order valence-electron chi connectivity index (χ4n) is 5.38. The number of ether oxygens (including phenoxy) is 1. The van der Waals surface area contributed by atoms with E-state index in [0.717, 1.165) is 10.9 Å². The van der Waals surface area contributed by atoms with Gasteiger partial charge in [-0.2, -0.15) is 5.10 Å². The number of fused-ring (bicyclic) bond motifs is 4. The third-order valence-electron chi connectivity index (χ3n) is 7.79. The summed E-state index contributed by atoms with van der Waals surface area (Å²) in [6, 6.07) is 23.3. The molecule has 2 aromatic heterocycles. The molecule has 0 aliphatic carbocycles. The topological polar surface area (TPSA) is 144 Å². The van der Waals surface area contributed by atoms with E-state index in [1.54, 1.807) is 35.0 Å². The molecule has 0 unspecified atom stereocenters. The lowest BCUT2D eigenvalue weighted by Crippen LogP contribution is -2.46. The molecule has 12 nitrogen and oxygen atoms in total. The Morgan fingerprint density at radius 2 is 1.76 bits per heavy atom. The highest BCUT2D eigenvalue weighted by Crippen LogP contribution is 2.25. The zero-order chi connectivity index (χ0) is 32.0. The van der Waals surface area contributed by atoms with Gasteiger partial charge in [0.1, 0.15) is 18.1 Å². The Kier molecular flexibility index (Phi) is 9.04. The van der Waals surface area contributed by atoms with Crippen molar-refractivity contribution < 1.29 is 23.6 Å². The number of aromatic nitrogens is 4. The molecule has 6 rings (SSSR count). The summed E-state index contributed by atoms with van der Waals surface area (Å²) in [6.45, 7) is 4.59. The molecule has 1 atom stereocenters. The minimum Gasteiger partial charge on any atom is -0.492 e. The zero-order valence-electron chi connectivity index (χ0n) is 25.7. The summed E-state index contributed by atoms with van der Waals surface area (Å²) in [7, 11) is 0. The van der Waals surface area contributed by atoms with Crippen LogP contribution in [-0.4, -0.2) is 68.8 Å². The SMILES string of the molecule is CC(C)[C@@H]1NC(=O)CN(C(=O)Cc2noc3ccccc23)CCNC(=O)c2cccc(c2)OCCn2nc(-c3ccccc3)nc21. The molecule has 46 heavy (non-hydrogen) atoms. The van der Waals surface area contributed by atoms with E-state index in [2.05, 4.69) is 15.8 Å². The van der Waals surface area contributed by atoms with Crippen LogP contribution in [0.25, 0.3) is 22.4 Å². The van der Waals surface area contributed by atoms with E-state index in [-0.39, 0.29) is 56.3 Å². The van der Waals surface area contributed by atoms with Crippen molar-refractivity contribution in [3.05, 3.63) is 95.9 Å². The molecule has 5 aromatic rings. The second-order valence-electron chi connectivity index (χ2n) is 11.4. The van der Waals surface area contributed by atoms with Crippen molar-refractivity contribution in [3.8, 4) is 17.1 Å². The lowest BCUT2D eigenvalue weighted by Gasteiger charge is -2.26. The van der Waals surface area contributed by atoms with Crippen LogP contribution in [0, 0.1) is 5.92 Å². The first-order chi connectivity index (χ1) is 22.4. The van der Waals surface area contributed by atoms with Crippen molar-refractivity contribution >= 4 is 28.7 Å². The van der Waals surface area contributed by atoms with Crippen molar-refractivity contribution in [2.24, 2.45) is 5.92 Å². The van der Waals surface area contributed by atoms with Crippen molar-refractivity contribution in [1.29, 1.82) is 0 Å². The second-order valence-corrected chi connectivity index (χ2v) is 11.4. The van der Waals surface area contributed by atoms with Crippen LogP contribution in [-0.2, 0) is 22.6 Å². The standard InChI is InChI=1S/C34H35N7O5/c1-22(2)31-33-37-32(23-9-4-3-5-10-23)38-41(33)17-18-45-25-12-8-11-24(19-25)34(44)35-15-16-40(21-29(42)36-31)30(43)20-27-26-13-6-7-14-28(26)46-39-27/h3-14,19,22,31H,15-18,20-21H2,1-2H3,(H,35,44)(H,36,42)/t31-/m0/s1. The summed E-state index contributed by atoms with van der Waals surface area (Å²) in [6.07, 6.45) is -0.0694. The van der Waals surface area contributed by atoms with Gasteiger partial charge in [0, 0.05) is 29.6 Å². The molecule has 0 saturated heterocycles. The van der Waals surface area contributed by atoms with E-state index in [0.29, 0.717) is 40.8 Å². The third kappa shape index (κ3) is 6.90. The maximum absolute atomic E-state index is 13.6. The second kappa shape index (κ2) is 13.6. The van der Waals surface area contributed by atoms with E-state index in [1.807, 2.05) is 62.4 Å². The summed E-state index contributed by atoms with van der Waals surface area (Å²) >= 11 is 0. The fourth-order valence-corrected chi connectivity index (χ4v) is 5.38. The average Bonchev–Trinajstić information content (AvgIpc) is 3.67. The zero-order valence-corrected chi connectivity index (χ0v) is 25.7. The third-order valence-corrected chi connectivity index (χ3v) is 7.79. The van der Waals surface area contributed by atoms with Gasteiger partial charge in [0.2, 0.25) is 11.8 Å². The molecule has 0 radical (unpaired) electrons. The average molecular weight is 622 g/mol. The van der Waals surface area contributed by atoms with Crippen LogP contribution in [0.3, 0.4) is 0 Å². The maximum Gasteiger partial charge on any atom is 0.251 e. The van der Waals surface area contributed by atoms with Gasteiger partial charge in [-0.1, -0.05) is 67.5 Å². The molecule has 3 heterocycles. The quantitative estimate of drug-likeness (QED) is 0.309. The number of carbonyl (C=O) groups is 3. The summed E-state index contributed by atoms with van der Waals surface area (Å²) in [5.41, 5.74) is 2.31. The Bertz CT molecular complexity index is 1850. The van der Waals surface area contributed by atoms with Crippen LogP contribution in [0.2, 0.25) is 0 Å². The van der Waals surface area contributed by atoms with E-state index in [1.165, 1.54) is 4.90 Å². The van der Waals surface area contributed by atoms with Gasteiger partial charge in [0.25, 0.3) is 5.91 Å². The molecular weight excluding hydrogens is 586 g/mol. The Morgan fingerprint density at radius 3 is 2.59 bits per heavy atom. The first-order valence-electron chi connectivity index (χ1n) is 15.3. The molecule has 0 spiro atoms. The summed E-state index contributed by atoms with van der Waals surface area (Å²) in [5.74, 6) is 0.569. The molecule has 12 heteroatoms. The van der Waals surface area contributed by atoms with Gasteiger partial charge >= 0.3 is 0 Å². The highest BCUT2D eigenvalue weighted by atomic mass is 16.5. The molecule has 0 fully saturated rings. The van der Waals surface area contributed by atoms with Gasteiger partial charge in [-0.3, -0.25) is 14.4 Å². The number of para-hydroxylation sites is 1. The number of nitrogens with one attached hydrogen (secondary N) is 2. The van der Waals surface area contributed by atoms with Crippen LogP contribution in [0.5, 0.6) is 5.75 Å². The van der Waals surface area contributed by atoms with Crippen molar-refractivity contribution in [2.75, 3.05) is 26.2 Å². The number of carbonyl (C=O) groups excluding carboxylic acids is 3. The van der Waals surface area contributed by atoms with Crippen LogP contribution >= 0.6 is 0 Å². The normalized spacial score (nSPS) is 16.3. The monoisotopic (exact) mass is 621 g/mol. The molecule has 0 saturated carbocycles. The van der Waals surface area contributed by atoms with E-state index in [4.69, 9.17) is 19.3 Å². The summed E-state index contributed by atoms with van der Waals surface area (Å²) in [5, 5.41) is 15.6. The Labute approximate surface area is 265 Å². The van der Waals surface area contributed by atoms with E-state index < -0.39 is 6.04 Å². The summed E-state index contributed by atoms with van der Waals surface area (Å²) in [4.78, 5) is 46.6. The van der Waals surface area contributed by atoms with Gasteiger partial charge in [0.05, 0.1) is 25.6 Å². The first kappa shape index (κ1) is 30.5. The number of benzene rings is 3. The molecule has 2 N–H and O–H groups in total. The predicted molar refractivity (Wildman–Crippen MR) is 170 cm³/mol. The number of nitrogens with zero attached hydrogens (tertiary/aromatic N) is 5. The van der Waals surface area contributed by atoms with Crippen molar-refractivity contribution in [1.82, 2.24) is 35.5 Å². The van der Waals surface area contributed by atoms with Gasteiger partial charge in [-0.25, -0.2) is 9.67 Å². The smallest absolute Gasteiger partial charge is 0.251 e. The van der Waals surface area contributed by atoms with E-state index >= 15 is 0 Å². The van der Waals surface area contributed by atoms with Gasteiger partial charge in [-0.05, 0) is 36.2 Å². The van der Waals surface area contributed by atoms with Crippen LogP contribution in [0.1, 0.15) is 41.8 Å². The fraction of sp³-hybridized carbons (Fsp3) is 0.294. The Hall–Kier alpha value is -5.52. The minimum atomic E-state index is -0.507. The molecule has 3 amide bonds. The Balaban J connectivity index is 1.32. The van der Waals surface area contributed by atoms with Crippen molar-refractivity contribution in [2.45, 2.75) is 32.9 Å². The van der Waals surface area contributed by atoms with Gasteiger partial charge in [0.15, 0.2) is 17.2 Å². The number of rotatable bonds is 4. The van der Waals surface area contributed by atoms with Crippen LogP contribution < -0.4 is 15.4 Å². The van der Waals surface area contributed by atoms with Crippen molar-refractivity contribution in [3.63, 3.8) is 0 Å². The Morgan fingerprint density at radius 1 is 0.978 bits per heavy atom. The molecule has 236 valence electrons.